The molecule has 19 heavy (non-hydrogen) atoms. The van der Waals surface area contributed by atoms with Crippen LogP contribution < -0.4 is 4.90 Å². The second kappa shape index (κ2) is 6.92. The van der Waals surface area contributed by atoms with Crippen LogP contribution in [0.5, 0.6) is 0 Å². The molecule has 0 radical (unpaired) electrons. The predicted molar refractivity (Wildman–Crippen MR) is 75.4 cm³/mol. The van der Waals surface area contributed by atoms with Gasteiger partial charge < -0.3 is 10.0 Å². The average molecular weight is 263 g/mol. The van der Waals surface area contributed by atoms with Crippen LogP contribution in [0.4, 0.5) is 5.69 Å². The van der Waals surface area contributed by atoms with E-state index in [1.807, 2.05) is 24.3 Å². The summed E-state index contributed by atoms with van der Waals surface area (Å²) in [4.78, 5) is 24.1. The lowest BCUT2D eigenvalue weighted by Gasteiger charge is -2.22. The van der Waals surface area contributed by atoms with Gasteiger partial charge in [0, 0.05) is 18.7 Å². The Morgan fingerprint density at radius 3 is 2.21 bits per heavy atom. The van der Waals surface area contributed by atoms with Crippen LogP contribution in [-0.2, 0) is 9.59 Å². The Morgan fingerprint density at radius 2 is 1.79 bits per heavy atom. The number of aliphatic carboxylic acids is 1. The maximum atomic E-state index is 11.9. The number of anilines is 1. The monoisotopic (exact) mass is 263 g/mol. The molecule has 4 nitrogen and oxygen atoms in total. The number of hydrogen-bond donors (Lipinski definition) is 1. The molecule has 1 amide bonds. The van der Waals surface area contributed by atoms with Crippen LogP contribution in [0.1, 0.15) is 45.1 Å². The van der Waals surface area contributed by atoms with Gasteiger partial charge in [0.25, 0.3) is 0 Å². The maximum Gasteiger partial charge on any atom is 0.305 e. The lowest BCUT2D eigenvalue weighted by atomic mass is 10.0. The number of nitrogens with zero attached hydrogens (tertiary/aromatic N) is 1. The van der Waals surface area contributed by atoms with Crippen molar-refractivity contribution in [3.8, 4) is 0 Å². The van der Waals surface area contributed by atoms with E-state index in [0.717, 1.165) is 5.69 Å². The van der Waals surface area contributed by atoms with Crippen LogP contribution >= 0.6 is 0 Å². The van der Waals surface area contributed by atoms with Crippen molar-refractivity contribution >= 4 is 17.6 Å². The molecule has 0 heterocycles. The topological polar surface area (TPSA) is 57.6 Å². The Hall–Kier alpha value is -1.84. The minimum absolute atomic E-state index is 0.0440. The Balaban J connectivity index is 2.90. The first-order chi connectivity index (χ1) is 8.95. The van der Waals surface area contributed by atoms with Gasteiger partial charge in [-0.3, -0.25) is 9.59 Å². The minimum Gasteiger partial charge on any atom is -0.481 e. The highest BCUT2D eigenvalue weighted by atomic mass is 16.4. The SMILES string of the molecule is CCC(=O)N(CCC(=O)O)c1ccc(C(C)C)cc1. The van der Waals surface area contributed by atoms with Crippen molar-refractivity contribution in [2.24, 2.45) is 0 Å². The van der Waals surface area contributed by atoms with Gasteiger partial charge in [0.15, 0.2) is 0 Å². The third-order valence-electron chi connectivity index (χ3n) is 3.02. The van der Waals surface area contributed by atoms with Crippen LogP contribution in [0.25, 0.3) is 0 Å². The molecule has 0 unspecified atom stereocenters. The Morgan fingerprint density at radius 1 is 1.21 bits per heavy atom. The van der Waals surface area contributed by atoms with E-state index >= 15 is 0 Å². The molecule has 1 rings (SSSR count). The first-order valence-corrected chi connectivity index (χ1v) is 6.57. The van der Waals surface area contributed by atoms with Gasteiger partial charge in [-0.2, -0.15) is 0 Å². The summed E-state index contributed by atoms with van der Waals surface area (Å²) in [5.74, 6) is -0.519. The van der Waals surface area contributed by atoms with Crippen molar-refractivity contribution in [3.05, 3.63) is 29.8 Å². The number of rotatable bonds is 6. The third kappa shape index (κ3) is 4.39. The van der Waals surface area contributed by atoms with Gasteiger partial charge in [0.1, 0.15) is 0 Å². The molecule has 0 saturated heterocycles. The normalized spacial score (nSPS) is 10.5. The molecule has 104 valence electrons. The van der Waals surface area contributed by atoms with E-state index in [9.17, 15) is 9.59 Å². The maximum absolute atomic E-state index is 11.9. The largest absolute Gasteiger partial charge is 0.481 e. The number of amides is 1. The number of carbonyl (C=O) groups is 2. The molecular weight excluding hydrogens is 242 g/mol. The molecule has 0 bridgehead atoms. The lowest BCUT2D eigenvalue weighted by Crippen LogP contribution is -2.32. The van der Waals surface area contributed by atoms with E-state index < -0.39 is 5.97 Å². The first kappa shape index (κ1) is 15.2. The van der Waals surface area contributed by atoms with Crippen LogP contribution in [0.15, 0.2) is 24.3 Å². The van der Waals surface area contributed by atoms with Gasteiger partial charge in [-0.25, -0.2) is 0 Å². The van der Waals surface area contributed by atoms with Crippen molar-refractivity contribution < 1.29 is 14.7 Å². The molecule has 1 aromatic rings. The molecule has 0 spiro atoms. The van der Waals surface area contributed by atoms with E-state index in [0.29, 0.717) is 12.3 Å². The molecule has 0 aliphatic heterocycles. The summed E-state index contributed by atoms with van der Waals surface area (Å²) < 4.78 is 0. The van der Waals surface area contributed by atoms with E-state index in [4.69, 9.17) is 5.11 Å². The molecule has 4 heteroatoms. The van der Waals surface area contributed by atoms with E-state index in [2.05, 4.69) is 13.8 Å². The van der Waals surface area contributed by atoms with Crippen LogP contribution in [0.3, 0.4) is 0 Å². The van der Waals surface area contributed by atoms with Crippen molar-refractivity contribution in [3.63, 3.8) is 0 Å². The van der Waals surface area contributed by atoms with Crippen molar-refractivity contribution in [1.82, 2.24) is 0 Å². The molecule has 0 aliphatic carbocycles. The van der Waals surface area contributed by atoms with Crippen LogP contribution in [-0.4, -0.2) is 23.5 Å². The molecule has 0 atom stereocenters. The quantitative estimate of drug-likeness (QED) is 0.858. The number of hydrogen-bond acceptors (Lipinski definition) is 2. The zero-order chi connectivity index (χ0) is 14.4. The number of carboxylic acid groups (broad SMARTS) is 1. The number of carbonyl (C=O) groups excluding carboxylic acids is 1. The fourth-order valence-corrected chi connectivity index (χ4v) is 1.84. The van der Waals surface area contributed by atoms with Crippen LogP contribution in [0.2, 0.25) is 0 Å². The Labute approximate surface area is 114 Å². The van der Waals surface area contributed by atoms with Gasteiger partial charge in [0.05, 0.1) is 6.42 Å². The molecule has 0 aliphatic rings. The predicted octanol–water partition coefficient (Wildman–Crippen LogP) is 3.03. The highest BCUT2D eigenvalue weighted by molar-refractivity contribution is 5.93. The molecule has 1 aromatic carbocycles. The second-order valence-electron chi connectivity index (χ2n) is 4.79. The highest BCUT2D eigenvalue weighted by Gasteiger charge is 2.15. The van der Waals surface area contributed by atoms with Gasteiger partial charge in [-0.1, -0.05) is 32.9 Å². The van der Waals surface area contributed by atoms with Crippen molar-refractivity contribution in [2.75, 3.05) is 11.4 Å². The van der Waals surface area contributed by atoms with Crippen molar-refractivity contribution in [2.45, 2.75) is 39.5 Å². The summed E-state index contributed by atoms with van der Waals surface area (Å²) in [6, 6.07) is 7.73. The van der Waals surface area contributed by atoms with Gasteiger partial charge in [0.2, 0.25) is 5.91 Å². The standard InChI is InChI=1S/C15H21NO3/c1-4-14(17)16(10-9-15(18)19)13-7-5-12(6-8-13)11(2)3/h5-8,11H,4,9-10H2,1-3H3,(H,18,19). The number of carboxylic acids is 1. The summed E-state index contributed by atoms with van der Waals surface area (Å²) >= 11 is 0. The van der Waals surface area contributed by atoms with Crippen LogP contribution in [0, 0.1) is 0 Å². The van der Waals surface area contributed by atoms with Gasteiger partial charge in [-0.05, 0) is 23.6 Å². The first-order valence-electron chi connectivity index (χ1n) is 6.57. The fourth-order valence-electron chi connectivity index (χ4n) is 1.84. The summed E-state index contributed by atoms with van der Waals surface area (Å²) in [7, 11) is 0. The van der Waals surface area contributed by atoms with Gasteiger partial charge in [-0.15, -0.1) is 0 Å². The molecule has 0 saturated carbocycles. The summed E-state index contributed by atoms with van der Waals surface area (Å²) in [5, 5.41) is 8.74. The van der Waals surface area contributed by atoms with E-state index in [-0.39, 0.29) is 18.9 Å². The summed E-state index contributed by atoms with van der Waals surface area (Å²) in [6.45, 7) is 6.20. The zero-order valence-electron chi connectivity index (χ0n) is 11.7. The lowest BCUT2D eigenvalue weighted by molar-refractivity contribution is -0.136. The van der Waals surface area contributed by atoms with Crippen molar-refractivity contribution in [1.29, 1.82) is 0 Å². The average Bonchev–Trinajstić information content (AvgIpc) is 2.38. The summed E-state index contributed by atoms with van der Waals surface area (Å²) in [6.07, 6.45) is 0.323. The molecular formula is C15H21NO3. The molecule has 0 aromatic heterocycles. The second-order valence-corrected chi connectivity index (χ2v) is 4.79. The fraction of sp³-hybridized carbons (Fsp3) is 0.467. The van der Waals surface area contributed by atoms with E-state index in [1.165, 1.54) is 10.5 Å². The Kier molecular flexibility index (Phi) is 5.55. The number of benzene rings is 1. The Bertz CT molecular complexity index is 437. The summed E-state index contributed by atoms with van der Waals surface area (Å²) in [5.41, 5.74) is 1.96. The third-order valence-corrected chi connectivity index (χ3v) is 3.02. The van der Waals surface area contributed by atoms with Gasteiger partial charge >= 0.3 is 5.97 Å². The molecule has 0 fully saturated rings. The highest BCUT2D eigenvalue weighted by Crippen LogP contribution is 2.21. The van der Waals surface area contributed by atoms with E-state index in [1.54, 1.807) is 6.92 Å². The smallest absolute Gasteiger partial charge is 0.305 e. The molecule has 1 N–H and O–H groups in total. The zero-order valence-corrected chi connectivity index (χ0v) is 11.7. The minimum atomic E-state index is -0.896.